The Kier molecular flexibility index (Phi) is 5.96. The van der Waals surface area contributed by atoms with Crippen LogP contribution in [0.15, 0.2) is 41.8 Å². The number of rotatable bonds is 7. The first-order chi connectivity index (χ1) is 11.7. The summed E-state index contributed by atoms with van der Waals surface area (Å²) in [5.41, 5.74) is 0.606. The van der Waals surface area contributed by atoms with Gasteiger partial charge in [-0.25, -0.2) is 4.39 Å². The summed E-state index contributed by atoms with van der Waals surface area (Å²) in [7, 11) is 0. The highest BCUT2D eigenvalue weighted by Gasteiger charge is 2.21. The summed E-state index contributed by atoms with van der Waals surface area (Å²) in [6.07, 6.45) is 2.32. The summed E-state index contributed by atoms with van der Waals surface area (Å²) in [4.78, 5) is 15.7. The van der Waals surface area contributed by atoms with E-state index >= 15 is 0 Å². The van der Waals surface area contributed by atoms with Gasteiger partial charge in [-0.15, -0.1) is 11.3 Å². The number of ether oxygens (including phenoxy) is 1. The molecule has 24 heavy (non-hydrogen) atoms. The minimum absolute atomic E-state index is 0.101. The number of nitrogens with one attached hydrogen (secondary N) is 1. The van der Waals surface area contributed by atoms with Gasteiger partial charge in [0.05, 0.1) is 12.6 Å². The zero-order valence-corrected chi connectivity index (χ0v) is 14.2. The monoisotopic (exact) mass is 348 g/mol. The summed E-state index contributed by atoms with van der Waals surface area (Å²) in [6, 6.07) is 9.90. The largest absolute Gasteiger partial charge is 0.377 e. The lowest BCUT2D eigenvalue weighted by Crippen LogP contribution is -2.37. The number of carbonyl (C=O) groups is 1. The molecule has 1 atom stereocenters. The van der Waals surface area contributed by atoms with Gasteiger partial charge in [0.15, 0.2) is 0 Å². The Labute approximate surface area is 145 Å². The minimum atomic E-state index is -0.314. The van der Waals surface area contributed by atoms with Crippen LogP contribution in [0.3, 0.4) is 0 Å². The minimum Gasteiger partial charge on any atom is -0.377 e. The molecule has 1 fully saturated rings. The van der Waals surface area contributed by atoms with Crippen LogP contribution in [-0.4, -0.2) is 36.6 Å². The van der Waals surface area contributed by atoms with Crippen LogP contribution in [0.1, 0.15) is 17.7 Å². The van der Waals surface area contributed by atoms with Crippen LogP contribution in [0, 0.1) is 5.82 Å². The van der Waals surface area contributed by atoms with E-state index in [0.29, 0.717) is 5.69 Å². The molecule has 1 aliphatic rings. The van der Waals surface area contributed by atoms with Crippen molar-refractivity contribution in [3.63, 3.8) is 0 Å². The fourth-order valence-corrected chi connectivity index (χ4v) is 3.57. The van der Waals surface area contributed by atoms with Crippen LogP contribution < -0.4 is 5.32 Å². The van der Waals surface area contributed by atoms with E-state index in [1.165, 1.54) is 17.0 Å². The first kappa shape index (κ1) is 17.1. The van der Waals surface area contributed by atoms with E-state index < -0.39 is 0 Å². The lowest BCUT2D eigenvalue weighted by atomic mass is 10.2. The first-order valence-electron chi connectivity index (χ1n) is 8.11. The summed E-state index contributed by atoms with van der Waals surface area (Å²) < 4.78 is 18.6. The highest BCUT2D eigenvalue weighted by atomic mass is 32.1. The van der Waals surface area contributed by atoms with Gasteiger partial charge >= 0.3 is 0 Å². The smallest absolute Gasteiger partial charge is 0.238 e. The van der Waals surface area contributed by atoms with Gasteiger partial charge in [0.2, 0.25) is 5.91 Å². The molecule has 6 heteroatoms. The topological polar surface area (TPSA) is 41.6 Å². The molecule has 1 N–H and O–H groups in total. The van der Waals surface area contributed by atoms with E-state index in [1.54, 1.807) is 23.5 Å². The van der Waals surface area contributed by atoms with Crippen LogP contribution in [0.25, 0.3) is 0 Å². The molecule has 4 nitrogen and oxygen atoms in total. The second-order valence-electron chi connectivity index (χ2n) is 5.94. The number of nitrogens with zero attached hydrogens (tertiary/aromatic N) is 1. The number of hydrogen-bond donors (Lipinski definition) is 1. The number of hydrogen-bond acceptors (Lipinski definition) is 4. The van der Waals surface area contributed by atoms with Gasteiger partial charge < -0.3 is 10.1 Å². The predicted molar refractivity (Wildman–Crippen MR) is 93.6 cm³/mol. The zero-order valence-electron chi connectivity index (χ0n) is 13.4. The molecule has 1 aliphatic heterocycles. The third-order valence-electron chi connectivity index (χ3n) is 3.94. The molecule has 128 valence electrons. The standard InChI is InChI=1S/C18H21FN2O2S/c19-14-5-7-15(8-6-14)20-18(22)13-21(11-16-3-1-9-23-16)12-17-4-2-10-24-17/h2,4-8,10,16H,1,3,9,11-13H2,(H,20,22). The molecular weight excluding hydrogens is 327 g/mol. The van der Waals surface area contributed by atoms with Crippen LogP contribution in [-0.2, 0) is 16.1 Å². The first-order valence-corrected chi connectivity index (χ1v) is 8.99. The third kappa shape index (κ3) is 5.12. The SMILES string of the molecule is O=C(CN(Cc1cccs1)CC1CCCO1)Nc1ccc(F)cc1. The molecule has 1 unspecified atom stereocenters. The molecule has 0 spiro atoms. The maximum atomic E-state index is 12.9. The van der Waals surface area contributed by atoms with Crippen LogP contribution >= 0.6 is 11.3 Å². The zero-order chi connectivity index (χ0) is 16.8. The molecular formula is C18H21FN2O2S. The molecule has 0 radical (unpaired) electrons. The van der Waals surface area contributed by atoms with E-state index in [2.05, 4.69) is 16.3 Å². The molecule has 2 heterocycles. The summed E-state index contributed by atoms with van der Waals surface area (Å²) in [6.45, 7) is 2.57. The maximum Gasteiger partial charge on any atom is 0.238 e. The maximum absolute atomic E-state index is 12.9. The van der Waals surface area contributed by atoms with Crippen LogP contribution in [0.4, 0.5) is 10.1 Å². The lowest BCUT2D eigenvalue weighted by Gasteiger charge is -2.24. The number of thiophene rings is 1. The van der Waals surface area contributed by atoms with Gasteiger partial charge in [-0.05, 0) is 48.6 Å². The number of amides is 1. The van der Waals surface area contributed by atoms with E-state index in [0.717, 1.165) is 32.5 Å². The van der Waals surface area contributed by atoms with Crippen molar-refractivity contribution in [2.45, 2.75) is 25.5 Å². The number of carbonyl (C=O) groups excluding carboxylic acids is 1. The Bertz CT molecular complexity index is 640. The second kappa shape index (κ2) is 8.37. The van der Waals surface area contributed by atoms with Gasteiger partial charge in [-0.3, -0.25) is 9.69 Å². The van der Waals surface area contributed by atoms with E-state index in [-0.39, 0.29) is 24.4 Å². The van der Waals surface area contributed by atoms with Crippen molar-refractivity contribution < 1.29 is 13.9 Å². The van der Waals surface area contributed by atoms with Crippen LogP contribution in [0.5, 0.6) is 0 Å². The van der Waals surface area contributed by atoms with Gasteiger partial charge in [-0.1, -0.05) is 6.07 Å². The Morgan fingerprint density at radius 2 is 2.17 bits per heavy atom. The highest BCUT2D eigenvalue weighted by Crippen LogP contribution is 2.17. The molecule has 0 bridgehead atoms. The fraction of sp³-hybridized carbons (Fsp3) is 0.389. The van der Waals surface area contributed by atoms with Crippen molar-refractivity contribution in [1.29, 1.82) is 0 Å². The molecule has 1 amide bonds. The number of halogens is 1. The average molecular weight is 348 g/mol. The summed E-state index contributed by atoms with van der Waals surface area (Å²) >= 11 is 1.69. The number of anilines is 1. The predicted octanol–water partition coefficient (Wildman–Crippen LogP) is 3.51. The Morgan fingerprint density at radius 3 is 2.83 bits per heavy atom. The van der Waals surface area contributed by atoms with Gasteiger partial charge in [0.25, 0.3) is 0 Å². The van der Waals surface area contributed by atoms with E-state index in [9.17, 15) is 9.18 Å². The van der Waals surface area contributed by atoms with E-state index in [1.807, 2.05) is 11.4 Å². The summed E-state index contributed by atoms with van der Waals surface area (Å²) in [5, 5.41) is 4.86. The normalized spacial score (nSPS) is 17.3. The third-order valence-corrected chi connectivity index (χ3v) is 4.80. The molecule has 0 saturated carbocycles. The lowest BCUT2D eigenvalue weighted by molar-refractivity contribution is -0.117. The van der Waals surface area contributed by atoms with Crippen molar-refractivity contribution in [3.8, 4) is 0 Å². The average Bonchev–Trinajstić information content (AvgIpc) is 3.23. The second-order valence-corrected chi connectivity index (χ2v) is 6.97. The van der Waals surface area contributed by atoms with Crippen molar-refractivity contribution in [2.24, 2.45) is 0 Å². The molecule has 0 aliphatic carbocycles. The van der Waals surface area contributed by atoms with Gasteiger partial charge in [0.1, 0.15) is 5.82 Å². The summed E-state index contributed by atoms with van der Waals surface area (Å²) in [5.74, 6) is -0.415. The van der Waals surface area contributed by atoms with Gasteiger partial charge in [0, 0.05) is 30.3 Å². The fourth-order valence-electron chi connectivity index (χ4n) is 2.82. The van der Waals surface area contributed by atoms with Crippen molar-refractivity contribution in [2.75, 3.05) is 25.0 Å². The van der Waals surface area contributed by atoms with Gasteiger partial charge in [-0.2, -0.15) is 0 Å². The molecule has 1 aromatic carbocycles. The Balaban J connectivity index is 1.58. The molecule has 1 aromatic heterocycles. The Morgan fingerprint density at radius 1 is 1.33 bits per heavy atom. The van der Waals surface area contributed by atoms with E-state index in [4.69, 9.17) is 4.74 Å². The molecule has 2 aromatic rings. The highest BCUT2D eigenvalue weighted by molar-refractivity contribution is 7.09. The van der Waals surface area contributed by atoms with Crippen molar-refractivity contribution in [3.05, 3.63) is 52.5 Å². The van der Waals surface area contributed by atoms with Crippen molar-refractivity contribution >= 4 is 22.9 Å². The van der Waals surface area contributed by atoms with Crippen molar-refractivity contribution in [1.82, 2.24) is 4.90 Å². The Hall–Kier alpha value is -1.76. The molecule has 3 rings (SSSR count). The quantitative estimate of drug-likeness (QED) is 0.833. The van der Waals surface area contributed by atoms with Crippen LogP contribution in [0.2, 0.25) is 0 Å². The molecule has 1 saturated heterocycles. The number of benzene rings is 1.